The number of H-pyrrole nitrogens is 1. The molecule has 10 nitrogen and oxygen atoms in total. The molecule has 2 aliphatic heterocycles. The highest BCUT2D eigenvalue weighted by Crippen LogP contribution is 2.39. The number of piperidine rings is 1. The summed E-state index contributed by atoms with van der Waals surface area (Å²) in [5.41, 5.74) is 7.28. The van der Waals surface area contributed by atoms with Crippen molar-refractivity contribution < 1.29 is 23.0 Å². The Morgan fingerprint density at radius 1 is 0.778 bits per heavy atom. The Morgan fingerprint density at radius 3 is 2.22 bits per heavy atom. The molecule has 0 amide bonds. The standard InChI is InChI=1S/C43H44N4O6S/c48-29-30-14-16-32(17-15-30)41-26-36(28-46-24-22-35(23-25-46)47-40-13-7-6-12-39(40)45-43(47)49)52-42(53-41)33-20-18-31(19-21-33)38-11-5-4-8-34(38)27-44-54(50,51)37-9-2-1-3-10-37/h1-21,35-36,41-42,44,48H,22-29H2,(H,45,49)/t36-,41+,42+/m0/s1. The summed E-state index contributed by atoms with van der Waals surface area (Å²) in [4.78, 5) is 18.5. The van der Waals surface area contributed by atoms with Crippen LogP contribution in [0.15, 0.2) is 137 Å². The number of likely N-dealkylation sites (tertiary alicyclic amines) is 1. The maximum absolute atomic E-state index is 12.9. The van der Waals surface area contributed by atoms with E-state index >= 15 is 0 Å². The fourth-order valence-corrected chi connectivity index (χ4v) is 8.78. The largest absolute Gasteiger partial charge is 0.392 e. The summed E-state index contributed by atoms with van der Waals surface area (Å²) in [6, 6.07) is 40.2. The van der Waals surface area contributed by atoms with E-state index in [-0.39, 0.29) is 42.0 Å². The summed E-state index contributed by atoms with van der Waals surface area (Å²) in [7, 11) is -3.66. The van der Waals surface area contributed by atoms with Crippen LogP contribution in [0, 0.1) is 0 Å². The third kappa shape index (κ3) is 7.83. The molecule has 2 fully saturated rings. The van der Waals surface area contributed by atoms with Gasteiger partial charge in [0.15, 0.2) is 6.29 Å². The van der Waals surface area contributed by atoms with Gasteiger partial charge in [-0.1, -0.05) is 103 Å². The predicted molar refractivity (Wildman–Crippen MR) is 208 cm³/mol. The highest BCUT2D eigenvalue weighted by Gasteiger charge is 2.34. The molecular formula is C43H44N4O6S. The molecule has 6 aromatic rings. The van der Waals surface area contributed by atoms with Crippen LogP contribution in [0.1, 0.15) is 60.0 Å². The quantitative estimate of drug-likeness (QED) is 0.133. The molecule has 0 aliphatic carbocycles. The Bertz CT molecular complexity index is 2350. The molecule has 1 aromatic heterocycles. The maximum atomic E-state index is 12.9. The topological polar surface area (TPSA) is 126 Å². The Hall–Kier alpha value is -4.88. The molecule has 0 bridgehead atoms. The molecule has 54 heavy (non-hydrogen) atoms. The Kier molecular flexibility index (Phi) is 10.6. The van der Waals surface area contributed by atoms with E-state index in [9.17, 15) is 18.3 Å². The average Bonchev–Trinajstić information content (AvgIpc) is 3.56. The summed E-state index contributed by atoms with van der Waals surface area (Å²) in [5.74, 6) is 0. The molecule has 5 aromatic carbocycles. The third-order valence-corrected chi connectivity index (χ3v) is 12.1. The zero-order valence-corrected chi connectivity index (χ0v) is 30.7. The molecule has 8 rings (SSSR count). The Labute approximate surface area is 315 Å². The first kappa shape index (κ1) is 36.1. The number of nitrogens with one attached hydrogen (secondary N) is 2. The molecule has 0 radical (unpaired) electrons. The lowest BCUT2D eigenvalue weighted by atomic mass is 9.97. The number of aromatic nitrogens is 2. The molecule has 0 unspecified atom stereocenters. The molecule has 0 spiro atoms. The highest BCUT2D eigenvalue weighted by atomic mass is 32.2. The minimum atomic E-state index is -3.66. The summed E-state index contributed by atoms with van der Waals surface area (Å²) in [5, 5.41) is 9.63. The van der Waals surface area contributed by atoms with E-state index in [4.69, 9.17) is 9.47 Å². The normalized spacial score (nSPS) is 20.0. The van der Waals surface area contributed by atoms with Gasteiger partial charge in [-0.3, -0.25) is 4.57 Å². The molecule has 11 heteroatoms. The molecule has 0 saturated carbocycles. The number of ether oxygens (including phenoxy) is 2. The first-order valence-electron chi connectivity index (χ1n) is 18.5. The second-order valence-corrected chi connectivity index (χ2v) is 15.9. The van der Waals surface area contributed by atoms with E-state index in [0.717, 1.165) is 76.9 Å². The number of nitrogens with zero attached hydrogens (tertiary/aromatic N) is 2. The number of aliphatic hydroxyl groups excluding tert-OH is 1. The first-order chi connectivity index (χ1) is 26.3. The Balaban J connectivity index is 0.977. The van der Waals surface area contributed by atoms with Crippen LogP contribution in [0.2, 0.25) is 0 Å². The zero-order chi connectivity index (χ0) is 37.1. The van der Waals surface area contributed by atoms with Gasteiger partial charge in [0.25, 0.3) is 0 Å². The third-order valence-electron chi connectivity index (χ3n) is 10.6. The minimum absolute atomic E-state index is 0.0187. The van der Waals surface area contributed by atoms with Gasteiger partial charge in [-0.05, 0) is 64.9 Å². The van der Waals surface area contributed by atoms with Gasteiger partial charge in [-0.2, -0.15) is 0 Å². The van der Waals surface area contributed by atoms with Crippen molar-refractivity contribution in [2.45, 2.75) is 61.8 Å². The van der Waals surface area contributed by atoms with Gasteiger partial charge in [-0.15, -0.1) is 0 Å². The van der Waals surface area contributed by atoms with Crippen LogP contribution in [-0.2, 0) is 32.6 Å². The second-order valence-electron chi connectivity index (χ2n) is 14.1. The number of hydrogen-bond donors (Lipinski definition) is 3. The summed E-state index contributed by atoms with van der Waals surface area (Å²) in [6.45, 7) is 2.58. The highest BCUT2D eigenvalue weighted by molar-refractivity contribution is 7.89. The van der Waals surface area contributed by atoms with Crippen molar-refractivity contribution in [1.82, 2.24) is 19.2 Å². The summed E-state index contributed by atoms with van der Waals surface area (Å²) >= 11 is 0. The van der Waals surface area contributed by atoms with Crippen molar-refractivity contribution in [3.63, 3.8) is 0 Å². The second kappa shape index (κ2) is 15.8. The minimum Gasteiger partial charge on any atom is -0.392 e. The monoisotopic (exact) mass is 744 g/mol. The van der Waals surface area contributed by atoms with Crippen molar-refractivity contribution >= 4 is 21.1 Å². The average molecular weight is 745 g/mol. The van der Waals surface area contributed by atoms with Gasteiger partial charge < -0.3 is 24.5 Å². The molecule has 2 saturated heterocycles. The van der Waals surface area contributed by atoms with E-state index < -0.39 is 16.3 Å². The number of hydrogen-bond acceptors (Lipinski definition) is 7. The maximum Gasteiger partial charge on any atom is 0.326 e. The lowest BCUT2D eigenvalue weighted by molar-refractivity contribution is -0.253. The van der Waals surface area contributed by atoms with E-state index in [2.05, 4.69) is 14.6 Å². The van der Waals surface area contributed by atoms with Gasteiger partial charge in [0.05, 0.1) is 34.7 Å². The molecule has 3 N–H and O–H groups in total. The van der Waals surface area contributed by atoms with E-state index in [1.54, 1.807) is 30.3 Å². The van der Waals surface area contributed by atoms with Gasteiger partial charge in [0.1, 0.15) is 0 Å². The van der Waals surface area contributed by atoms with Crippen molar-refractivity contribution in [2.24, 2.45) is 0 Å². The molecule has 3 heterocycles. The van der Waals surface area contributed by atoms with Crippen molar-refractivity contribution in [1.29, 1.82) is 0 Å². The van der Waals surface area contributed by atoms with Crippen molar-refractivity contribution in [3.8, 4) is 11.1 Å². The van der Waals surface area contributed by atoms with Crippen molar-refractivity contribution in [3.05, 3.63) is 160 Å². The molecule has 3 atom stereocenters. The number of para-hydroxylation sites is 2. The van der Waals surface area contributed by atoms with Crippen LogP contribution in [0.25, 0.3) is 22.2 Å². The lowest BCUT2D eigenvalue weighted by Crippen LogP contribution is -2.43. The van der Waals surface area contributed by atoms with Crippen LogP contribution >= 0.6 is 0 Å². The van der Waals surface area contributed by atoms with Crippen LogP contribution < -0.4 is 10.4 Å². The number of sulfonamides is 1. The SMILES string of the molecule is O=c1[nH]c2ccccc2n1C1CCN(C[C@@H]2C[C@H](c3ccc(CO)cc3)O[C@H](c3ccc(-c4ccccc4CNS(=O)(=O)c4ccccc4)cc3)O2)CC1. The van der Waals surface area contributed by atoms with Crippen LogP contribution in [0.3, 0.4) is 0 Å². The van der Waals surface area contributed by atoms with E-state index in [1.165, 1.54) is 0 Å². The number of aromatic amines is 1. The number of rotatable bonds is 11. The summed E-state index contributed by atoms with van der Waals surface area (Å²) in [6.07, 6.45) is 1.52. The smallest absolute Gasteiger partial charge is 0.326 e. The Morgan fingerprint density at radius 2 is 1.46 bits per heavy atom. The van der Waals surface area contributed by atoms with E-state index in [0.29, 0.717) is 6.42 Å². The van der Waals surface area contributed by atoms with E-state index in [1.807, 2.05) is 102 Å². The molecule has 278 valence electrons. The fraction of sp³-hybridized carbons (Fsp3) is 0.279. The number of aliphatic hydroxyl groups is 1. The fourth-order valence-electron chi connectivity index (χ4n) is 7.75. The van der Waals surface area contributed by atoms with Crippen LogP contribution in [-0.4, -0.2) is 53.7 Å². The van der Waals surface area contributed by atoms with Crippen LogP contribution in [0.4, 0.5) is 0 Å². The number of benzene rings is 5. The van der Waals surface area contributed by atoms with Crippen molar-refractivity contribution in [2.75, 3.05) is 19.6 Å². The molecule has 2 aliphatic rings. The number of imidazole rings is 1. The first-order valence-corrected chi connectivity index (χ1v) is 20.0. The van der Waals surface area contributed by atoms with Gasteiger partial charge in [0.2, 0.25) is 10.0 Å². The van der Waals surface area contributed by atoms with Gasteiger partial charge in [-0.25, -0.2) is 17.9 Å². The zero-order valence-electron chi connectivity index (χ0n) is 29.9. The lowest BCUT2D eigenvalue weighted by Gasteiger charge is -2.40. The van der Waals surface area contributed by atoms with Gasteiger partial charge in [0, 0.05) is 44.2 Å². The molecular weight excluding hydrogens is 701 g/mol. The summed E-state index contributed by atoms with van der Waals surface area (Å²) < 4.78 is 43.9. The van der Waals surface area contributed by atoms with Gasteiger partial charge >= 0.3 is 5.69 Å². The predicted octanol–water partition coefficient (Wildman–Crippen LogP) is 6.85. The number of fused-ring (bicyclic) bond motifs is 1. The van der Waals surface area contributed by atoms with Crippen LogP contribution in [0.5, 0.6) is 0 Å².